The van der Waals surface area contributed by atoms with Gasteiger partial charge in [0.25, 0.3) is 6.43 Å². The van der Waals surface area contributed by atoms with Gasteiger partial charge in [0.05, 0.1) is 5.88 Å². The van der Waals surface area contributed by atoms with E-state index >= 15 is 0 Å². The van der Waals surface area contributed by atoms with Crippen molar-refractivity contribution in [3.05, 3.63) is 27.5 Å². The molecule has 0 unspecified atom stereocenters. The highest BCUT2D eigenvalue weighted by atomic mass is 79.9. The molecular weight excluding hydrogens is 263 g/mol. The molecule has 0 aliphatic heterocycles. The maximum Gasteiger partial charge on any atom is 0.265 e. The van der Waals surface area contributed by atoms with Crippen LogP contribution in [-0.4, -0.2) is 4.98 Å². The first-order valence-electron chi connectivity index (χ1n) is 3.56. The Kier molecular flexibility index (Phi) is 3.62. The smallest absolute Gasteiger partial charge is 0.249 e. The summed E-state index contributed by atoms with van der Waals surface area (Å²) in [5, 5.41) is 0. The van der Waals surface area contributed by atoms with Crippen molar-refractivity contribution in [1.29, 1.82) is 0 Å². The molecule has 1 aromatic heterocycles. The second-order valence-electron chi connectivity index (χ2n) is 2.54. The molecule has 1 rings (SSSR count). The zero-order chi connectivity index (χ0) is 10.0. The van der Waals surface area contributed by atoms with Gasteiger partial charge in [-0.2, -0.15) is 0 Å². The Morgan fingerprint density at radius 1 is 1.62 bits per heavy atom. The molecule has 0 atom stereocenters. The van der Waals surface area contributed by atoms with E-state index < -0.39 is 6.43 Å². The maximum atomic E-state index is 12.4. The van der Waals surface area contributed by atoms with E-state index in [4.69, 9.17) is 11.6 Å². The summed E-state index contributed by atoms with van der Waals surface area (Å²) in [5.41, 5.74) is 1.07. The van der Waals surface area contributed by atoms with E-state index in [1.54, 1.807) is 6.92 Å². The van der Waals surface area contributed by atoms with Crippen LogP contribution in [0, 0.1) is 6.92 Å². The molecule has 0 spiro atoms. The largest absolute Gasteiger partial charge is 0.265 e. The molecule has 1 nitrogen and oxygen atoms in total. The second kappa shape index (κ2) is 4.33. The molecule has 0 saturated heterocycles. The van der Waals surface area contributed by atoms with Crippen LogP contribution in [-0.2, 0) is 5.88 Å². The van der Waals surface area contributed by atoms with Crippen molar-refractivity contribution in [3.63, 3.8) is 0 Å². The van der Waals surface area contributed by atoms with E-state index in [1.165, 1.54) is 6.20 Å². The Morgan fingerprint density at radius 3 is 2.69 bits per heavy atom. The quantitative estimate of drug-likeness (QED) is 0.588. The van der Waals surface area contributed by atoms with Gasteiger partial charge in [0.2, 0.25) is 0 Å². The summed E-state index contributed by atoms with van der Waals surface area (Å²) in [6.07, 6.45) is -1.33. The van der Waals surface area contributed by atoms with Crippen LogP contribution in [0.15, 0.2) is 10.8 Å². The highest BCUT2D eigenvalue weighted by Crippen LogP contribution is 2.28. The molecule has 0 bridgehead atoms. The molecule has 72 valence electrons. The van der Waals surface area contributed by atoms with Crippen LogP contribution in [0.3, 0.4) is 0 Å². The molecule has 1 aromatic rings. The maximum absolute atomic E-state index is 12.4. The Bertz CT molecular complexity index is 317. The SMILES string of the molecule is Cc1c(C(F)F)cnc(Br)c1CCl. The molecule has 0 aliphatic rings. The molecule has 0 radical (unpaired) electrons. The molecule has 0 amide bonds. The average molecular weight is 271 g/mol. The molecule has 5 heteroatoms. The average Bonchev–Trinajstić information content (AvgIpc) is 2.04. The summed E-state index contributed by atoms with van der Waals surface area (Å²) in [4.78, 5) is 3.78. The lowest BCUT2D eigenvalue weighted by atomic mass is 10.1. The fraction of sp³-hybridized carbons (Fsp3) is 0.375. The molecule has 0 fully saturated rings. The van der Waals surface area contributed by atoms with Gasteiger partial charge in [0, 0.05) is 17.3 Å². The number of aromatic nitrogens is 1. The Hall–Kier alpha value is -0.220. The summed E-state index contributed by atoms with van der Waals surface area (Å²) < 4.78 is 25.3. The predicted octanol–water partition coefficient (Wildman–Crippen LogP) is 3.83. The first-order chi connectivity index (χ1) is 6.07. The number of nitrogens with zero attached hydrogens (tertiary/aromatic N) is 1. The lowest BCUT2D eigenvalue weighted by Gasteiger charge is -2.09. The van der Waals surface area contributed by atoms with Gasteiger partial charge in [-0.15, -0.1) is 11.6 Å². The minimum absolute atomic E-state index is 0.0566. The van der Waals surface area contributed by atoms with Gasteiger partial charge in [0.15, 0.2) is 0 Å². The summed E-state index contributed by atoms with van der Waals surface area (Å²) in [6.45, 7) is 1.62. The highest BCUT2D eigenvalue weighted by molar-refractivity contribution is 9.10. The van der Waals surface area contributed by atoms with E-state index in [0.29, 0.717) is 15.7 Å². The summed E-state index contributed by atoms with van der Waals surface area (Å²) in [6, 6.07) is 0. The van der Waals surface area contributed by atoms with Gasteiger partial charge in [-0.3, -0.25) is 0 Å². The first-order valence-corrected chi connectivity index (χ1v) is 4.88. The third-order valence-corrected chi connectivity index (χ3v) is 2.77. The minimum Gasteiger partial charge on any atom is -0.249 e. The van der Waals surface area contributed by atoms with Crippen molar-refractivity contribution in [1.82, 2.24) is 4.98 Å². The van der Waals surface area contributed by atoms with E-state index in [9.17, 15) is 8.78 Å². The van der Waals surface area contributed by atoms with Crippen molar-refractivity contribution in [2.24, 2.45) is 0 Å². The van der Waals surface area contributed by atoms with E-state index in [1.807, 2.05) is 0 Å². The van der Waals surface area contributed by atoms with Crippen LogP contribution in [0.2, 0.25) is 0 Å². The van der Waals surface area contributed by atoms with Gasteiger partial charge in [0.1, 0.15) is 4.60 Å². The summed E-state index contributed by atoms with van der Waals surface area (Å²) in [5.74, 6) is 0.181. The second-order valence-corrected chi connectivity index (χ2v) is 3.56. The number of rotatable bonds is 2. The van der Waals surface area contributed by atoms with Gasteiger partial charge in [-0.25, -0.2) is 13.8 Å². The Balaban J connectivity index is 3.27. The molecule has 0 saturated carbocycles. The van der Waals surface area contributed by atoms with E-state index in [0.717, 1.165) is 0 Å². The Labute approximate surface area is 88.2 Å². The van der Waals surface area contributed by atoms with Crippen LogP contribution < -0.4 is 0 Å². The van der Waals surface area contributed by atoms with Crippen molar-refractivity contribution in [2.75, 3.05) is 0 Å². The van der Waals surface area contributed by atoms with E-state index in [2.05, 4.69) is 20.9 Å². The lowest BCUT2D eigenvalue weighted by molar-refractivity contribution is 0.150. The van der Waals surface area contributed by atoms with Crippen LogP contribution in [0.1, 0.15) is 23.1 Å². The lowest BCUT2D eigenvalue weighted by Crippen LogP contribution is -1.98. The van der Waals surface area contributed by atoms with E-state index in [-0.39, 0.29) is 11.4 Å². The van der Waals surface area contributed by atoms with Crippen LogP contribution >= 0.6 is 27.5 Å². The number of pyridine rings is 1. The van der Waals surface area contributed by atoms with Gasteiger partial charge in [-0.05, 0) is 28.4 Å². The number of halogens is 4. The van der Waals surface area contributed by atoms with Crippen LogP contribution in [0.25, 0.3) is 0 Å². The topological polar surface area (TPSA) is 12.9 Å². The third-order valence-electron chi connectivity index (χ3n) is 1.82. The van der Waals surface area contributed by atoms with Crippen molar-refractivity contribution in [2.45, 2.75) is 19.2 Å². The molecule has 0 N–H and O–H groups in total. The number of hydrogen-bond donors (Lipinski definition) is 0. The summed E-state index contributed by atoms with van der Waals surface area (Å²) in [7, 11) is 0. The van der Waals surface area contributed by atoms with Gasteiger partial charge < -0.3 is 0 Å². The molecule has 0 aromatic carbocycles. The van der Waals surface area contributed by atoms with Crippen molar-refractivity contribution >= 4 is 27.5 Å². The van der Waals surface area contributed by atoms with Crippen molar-refractivity contribution in [3.8, 4) is 0 Å². The fourth-order valence-corrected chi connectivity index (χ4v) is 2.03. The highest BCUT2D eigenvalue weighted by Gasteiger charge is 2.15. The van der Waals surface area contributed by atoms with Gasteiger partial charge >= 0.3 is 0 Å². The molecule has 0 aliphatic carbocycles. The Morgan fingerprint density at radius 2 is 2.23 bits per heavy atom. The van der Waals surface area contributed by atoms with Crippen molar-refractivity contribution < 1.29 is 8.78 Å². The van der Waals surface area contributed by atoms with Gasteiger partial charge in [-0.1, -0.05) is 0 Å². The fourth-order valence-electron chi connectivity index (χ4n) is 1.01. The van der Waals surface area contributed by atoms with Crippen LogP contribution in [0.5, 0.6) is 0 Å². The summed E-state index contributed by atoms with van der Waals surface area (Å²) >= 11 is 8.75. The zero-order valence-corrected chi connectivity index (χ0v) is 9.16. The standard InChI is InChI=1S/C8H7BrClF2N/c1-4-5(2-10)7(9)13-3-6(4)8(11)12/h3,8H,2H2,1H3. The number of hydrogen-bond acceptors (Lipinski definition) is 1. The molecule has 13 heavy (non-hydrogen) atoms. The van der Waals surface area contributed by atoms with Crippen LogP contribution in [0.4, 0.5) is 8.78 Å². The predicted molar refractivity (Wildman–Crippen MR) is 51.2 cm³/mol. The normalized spacial score (nSPS) is 10.9. The molecular formula is C8H7BrClF2N. The third kappa shape index (κ3) is 2.17. The first kappa shape index (κ1) is 10.9. The zero-order valence-electron chi connectivity index (χ0n) is 6.82. The number of alkyl halides is 3. The molecule has 1 heterocycles. The monoisotopic (exact) mass is 269 g/mol. The minimum atomic E-state index is -2.50.